The van der Waals surface area contributed by atoms with Crippen LogP contribution in [-0.2, 0) is 11.3 Å². The van der Waals surface area contributed by atoms with E-state index in [2.05, 4.69) is 15.5 Å². The van der Waals surface area contributed by atoms with Crippen molar-refractivity contribution in [2.24, 2.45) is 0 Å². The largest absolute Gasteiger partial charge is 0.307 e. The Kier molecular flexibility index (Phi) is 6.14. The number of nitrogens with zero attached hydrogens (tertiary/aromatic N) is 5. The maximum absolute atomic E-state index is 14.0. The zero-order valence-corrected chi connectivity index (χ0v) is 16.6. The average molecular weight is 441 g/mol. The molecule has 1 N–H and O–H groups in total. The Bertz CT molecular complexity index is 1050. The fourth-order valence-electron chi connectivity index (χ4n) is 2.69. The van der Waals surface area contributed by atoms with E-state index in [4.69, 9.17) is 23.2 Å². The Balaban J connectivity index is 1.77. The summed E-state index contributed by atoms with van der Waals surface area (Å²) in [5.41, 5.74) is 0.0156. The molecule has 1 atom stereocenters. The zero-order valence-electron chi connectivity index (χ0n) is 15.1. The Hall–Kier alpha value is -2.98. The number of carbonyl (C=O) groups is 1. The van der Waals surface area contributed by atoms with Gasteiger partial charge in [0.1, 0.15) is 29.3 Å². The van der Waals surface area contributed by atoms with Crippen molar-refractivity contribution in [1.82, 2.24) is 19.6 Å². The van der Waals surface area contributed by atoms with Gasteiger partial charge in [-0.15, -0.1) is 0 Å². The fourth-order valence-corrected chi connectivity index (χ4v) is 3.11. The number of aromatic nitrogens is 4. The van der Waals surface area contributed by atoms with E-state index in [1.807, 2.05) is 0 Å². The Morgan fingerprint density at radius 3 is 2.72 bits per heavy atom. The van der Waals surface area contributed by atoms with Gasteiger partial charge in [0.25, 0.3) is 0 Å². The number of hydrogen-bond acceptors (Lipinski definition) is 5. The summed E-state index contributed by atoms with van der Waals surface area (Å²) in [7, 11) is 0. The molecule has 1 aromatic carbocycles. The van der Waals surface area contributed by atoms with Crippen LogP contribution in [0, 0.1) is 15.9 Å². The van der Waals surface area contributed by atoms with Gasteiger partial charge in [-0.1, -0.05) is 36.2 Å². The molecule has 3 aromatic rings. The number of carbonyl (C=O) groups excluding carboxylic acids is 1. The van der Waals surface area contributed by atoms with Gasteiger partial charge in [0.05, 0.1) is 11.5 Å². The van der Waals surface area contributed by atoms with Gasteiger partial charge in [-0.2, -0.15) is 10.2 Å². The Morgan fingerprint density at radius 2 is 2.10 bits per heavy atom. The number of halogens is 3. The molecule has 152 valence electrons. The summed E-state index contributed by atoms with van der Waals surface area (Å²) in [6.45, 7) is 1.75. The molecule has 0 radical (unpaired) electrons. The number of amides is 1. The molecule has 0 spiro atoms. The average Bonchev–Trinajstić information content (AvgIpc) is 3.27. The first kappa shape index (κ1) is 20.7. The van der Waals surface area contributed by atoms with E-state index >= 15 is 0 Å². The third-order valence-corrected chi connectivity index (χ3v) is 4.78. The molecule has 0 aliphatic carbocycles. The van der Waals surface area contributed by atoms with Crippen molar-refractivity contribution in [3.8, 4) is 0 Å². The highest BCUT2D eigenvalue weighted by molar-refractivity contribution is 6.33. The lowest BCUT2D eigenvalue weighted by molar-refractivity contribution is -0.385. The summed E-state index contributed by atoms with van der Waals surface area (Å²) in [5, 5.41) is 21.8. The second-order valence-electron chi connectivity index (χ2n) is 6.07. The molecule has 1 amide bonds. The van der Waals surface area contributed by atoms with Crippen LogP contribution in [0.2, 0.25) is 10.0 Å². The van der Waals surface area contributed by atoms with Crippen LogP contribution < -0.4 is 5.32 Å². The van der Waals surface area contributed by atoms with Crippen molar-refractivity contribution in [1.29, 1.82) is 0 Å². The van der Waals surface area contributed by atoms with Crippen LogP contribution in [0.15, 0.2) is 36.8 Å². The fraction of sp³-hybridized carbons (Fsp3) is 0.235. The molecular formula is C17H15Cl2FN6O3. The van der Waals surface area contributed by atoms with Gasteiger partial charge in [0, 0.05) is 16.8 Å². The zero-order chi connectivity index (χ0) is 21.1. The predicted molar refractivity (Wildman–Crippen MR) is 105 cm³/mol. The van der Waals surface area contributed by atoms with Crippen LogP contribution in [0.3, 0.4) is 0 Å². The SMILES string of the molecule is CCC(C(=O)Nc1nn(Cc2c(F)cccc2Cl)cc1Cl)n1cc([N+](=O)[O-])cn1. The second kappa shape index (κ2) is 8.58. The molecule has 0 bridgehead atoms. The van der Waals surface area contributed by atoms with E-state index in [1.165, 1.54) is 33.9 Å². The van der Waals surface area contributed by atoms with Gasteiger partial charge in [0.15, 0.2) is 5.82 Å². The molecule has 0 aliphatic heterocycles. The summed E-state index contributed by atoms with van der Waals surface area (Å²) in [6, 6.07) is 3.53. The number of hydrogen-bond donors (Lipinski definition) is 1. The molecule has 9 nitrogen and oxygen atoms in total. The van der Waals surface area contributed by atoms with Crippen LogP contribution in [0.4, 0.5) is 15.9 Å². The molecule has 2 heterocycles. The van der Waals surface area contributed by atoms with Crippen molar-refractivity contribution in [3.05, 3.63) is 68.3 Å². The molecule has 0 aliphatic rings. The lowest BCUT2D eigenvalue weighted by atomic mass is 10.2. The highest BCUT2D eigenvalue weighted by Gasteiger charge is 2.24. The summed E-state index contributed by atoms with van der Waals surface area (Å²) in [5.74, 6) is -0.910. The minimum atomic E-state index is -0.800. The van der Waals surface area contributed by atoms with Gasteiger partial charge in [-0.3, -0.25) is 24.3 Å². The first-order valence-electron chi connectivity index (χ1n) is 8.45. The van der Waals surface area contributed by atoms with Crippen molar-refractivity contribution in [2.45, 2.75) is 25.9 Å². The van der Waals surface area contributed by atoms with Crippen molar-refractivity contribution >= 4 is 40.6 Å². The maximum atomic E-state index is 14.0. The number of nitrogens with one attached hydrogen (secondary N) is 1. The van der Waals surface area contributed by atoms with Gasteiger partial charge in [-0.25, -0.2) is 4.39 Å². The van der Waals surface area contributed by atoms with Crippen molar-refractivity contribution < 1.29 is 14.1 Å². The summed E-state index contributed by atoms with van der Waals surface area (Å²) < 4.78 is 16.5. The van der Waals surface area contributed by atoms with Crippen molar-refractivity contribution in [3.63, 3.8) is 0 Å². The number of benzene rings is 1. The highest BCUT2D eigenvalue weighted by atomic mass is 35.5. The lowest BCUT2D eigenvalue weighted by Gasteiger charge is -2.14. The van der Waals surface area contributed by atoms with Gasteiger partial charge < -0.3 is 5.32 Å². The minimum Gasteiger partial charge on any atom is -0.306 e. The smallest absolute Gasteiger partial charge is 0.306 e. The molecule has 1 unspecified atom stereocenters. The van der Waals surface area contributed by atoms with E-state index in [1.54, 1.807) is 13.0 Å². The third-order valence-electron chi connectivity index (χ3n) is 4.15. The first-order chi connectivity index (χ1) is 13.8. The molecular weight excluding hydrogens is 426 g/mol. The first-order valence-corrected chi connectivity index (χ1v) is 9.21. The van der Waals surface area contributed by atoms with Gasteiger partial charge >= 0.3 is 5.69 Å². The lowest BCUT2D eigenvalue weighted by Crippen LogP contribution is -2.26. The molecule has 2 aromatic heterocycles. The summed E-state index contributed by atoms with van der Waals surface area (Å²) in [6.07, 6.45) is 4.00. The topological polar surface area (TPSA) is 108 Å². The number of nitro groups is 1. The van der Waals surface area contributed by atoms with E-state index in [0.29, 0.717) is 6.42 Å². The van der Waals surface area contributed by atoms with E-state index in [0.717, 1.165) is 6.20 Å². The Morgan fingerprint density at radius 1 is 1.34 bits per heavy atom. The molecule has 29 heavy (non-hydrogen) atoms. The quantitative estimate of drug-likeness (QED) is 0.439. The van der Waals surface area contributed by atoms with Gasteiger partial charge in [0.2, 0.25) is 5.91 Å². The highest BCUT2D eigenvalue weighted by Crippen LogP contribution is 2.25. The molecule has 3 rings (SSSR count). The number of anilines is 1. The van der Waals surface area contributed by atoms with E-state index in [9.17, 15) is 19.3 Å². The Labute approximate surface area is 174 Å². The second-order valence-corrected chi connectivity index (χ2v) is 6.89. The van der Waals surface area contributed by atoms with E-state index < -0.39 is 22.7 Å². The monoisotopic (exact) mass is 440 g/mol. The normalized spacial score (nSPS) is 12.0. The van der Waals surface area contributed by atoms with Crippen LogP contribution in [-0.4, -0.2) is 30.4 Å². The number of rotatable bonds is 7. The molecule has 0 fully saturated rings. The van der Waals surface area contributed by atoms with Crippen molar-refractivity contribution in [2.75, 3.05) is 5.32 Å². The standard InChI is InChI=1S/C17H15Cl2FN6O3/c1-2-15(25-7-10(6-21-25)26(28)29)17(27)22-16-13(19)9-24(23-16)8-11-12(18)4-3-5-14(11)20/h3-7,9,15H,2,8H2,1H3,(H,22,23,27). The third kappa shape index (κ3) is 4.54. The predicted octanol–water partition coefficient (Wildman–Crippen LogP) is 4.07. The minimum absolute atomic E-state index is 0.0175. The summed E-state index contributed by atoms with van der Waals surface area (Å²) in [4.78, 5) is 22.8. The maximum Gasteiger partial charge on any atom is 0.307 e. The summed E-state index contributed by atoms with van der Waals surface area (Å²) >= 11 is 12.2. The van der Waals surface area contributed by atoms with Crippen LogP contribution in [0.5, 0.6) is 0 Å². The molecule has 0 saturated carbocycles. The molecule has 12 heteroatoms. The van der Waals surface area contributed by atoms with Crippen LogP contribution >= 0.6 is 23.2 Å². The van der Waals surface area contributed by atoms with E-state index in [-0.39, 0.29) is 33.7 Å². The van der Waals surface area contributed by atoms with Crippen LogP contribution in [0.1, 0.15) is 24.9 Å². The van der Waals surface area contributed by atoms with Crippen LogP contribution in [0.25, 0.3) is 0 Å². The molecule has 0 saturated heterocycles. The van der Waals surface area contributed by atoms with Gasteiger partial charge in [-0.05, 0) is 18.6 Å².